The van der Waals surface area contributed by atoms with E-state index in [4.69, 9.17) is 4.74 Å². The van der Waals surface area contributed by atoms with Gasteiger partial charge in [-0.25, -0.2) is 4.79 Å². The van der Waals surface area contributed by atoms with Crippen LogP contribution in [0, 0.1) is 16.0 Å². The number of fused-ring (bicyclic) bond motifs is 1. The van der Waals surface area contributed by atoms with Crippen molar-refractivity contribution in [3.63, 3.8) is 0 Å². The van der Waals surface area contributed by atoms with Crippen molar-refractivity contribution >= 4 is 17.4 Å². The Morgan fingerprint density at radius 2 is 1.88 bits per heavy atom. The van der Waals surface area contributed by atoms with Gasteiger partial charge >= 0.3 is 5.97 Å². The van der Waals surface area contributed by atoms with E-state index in [1.54, 1.807) is 25.1 Å². The molecule has 1 fully saturated rings. The van der Waals surface area contributed by atoms with Crippen LogP contribution in [0.5, 0.6) is 0 Å². The maximum Gasteiger partial charge on any atom is 0.336 e. The number of para-hydroxylation sites is 1. The van der Waals surface area contributed by atoms with E-state index >= 15 is 0 Å². The van der Waals surface area contributed by atoms with Crippen LogP contribution in [0.3, 0.4) is 0 Å². The molecule has 0 aromatic heterocycles. The topological polar surface area (TPSA) is 98.5 Å². The van der Waals surface area contributed by atoms with Gasteiger partial charge in [-0.3, -0.25) is 14.9 Å². The normalized spacial score (nSPS) is 22.7. The molecule has 3 unspecified atom stereocenters. The molecule has 0 bridgehead atoms. The fourth-order valence-corrected chi connectivity index (χ4v) is 4.95. The van der Waals surface area contributed by atoms with Crippen LogP contribution in [-0.2, 0) is 20.7 Å². The second kappa shape index (κ2) is 9.34. The van der Waals surface area contributed by atoms with Crippen LogP contribution in [-0.4, -0.2) is 29.3 Å². The fourth-order valence-electron chi connectivity index (χ4n) is 4.95. The van der Waals surface area contributed by atoms with Crippen molar-refractivity contribution in [3.05, 3.63) is 87.1 Å². The number of benzene rings is 2. The van der Waals surface area contributed by atoms with E-state index in [9.17, 15) is 19.7 Å². The van der Waals surface area contributed by atoms with Gasteiger partial charge in [0, 0.05) is 48.0 Å². The quantitative estimate of drug-likeness (QED) is 0.418. The maximum atomic E-state index is 13.2. The molecule has 2 aliphatic rings. The van der Waals surface area contributed by atoms with Crippen LogP contribution >= 0.6 is 0 Å². The number of carbonyl (C=O) groups excluding carboxylic acids is 2. The lowest BCUT2D eigenvalue weighted by molar-refractivity contribution is -0.385. The molecule has 1 saturated carbocycles. The maximum absolute atomic E-state index is 13.2. The Morgan fingerprint density at radius 1 is 1.16 bits per heavy atom. The molecular formula is C25H26N2O5. The summed E-state index contributed by atoms with van der Waals surface area (Å²) >= 11 is 0. The van der Waals surface area contributed by atoms with Gasteiger partial charge in [0.25, 0.3) is 5.69 Å². The molecule has 1 aliphatic heterocycles. The van der Waals surface area contributed by atoms with Crippen molar-refractivity contribution in [2.45, 2.75) is 44.6 Å². The molecule has 1 aliphatic carbocycles. The van der Waals surface area contributed by atoms with E-state index in [1.807, 2.05) is 30.3 Å². The number of ether oxygens (including phenoxy) is 1. The third kappa shape index (κ3) is 4.28. The van der Waals surface area contributed by atoms with Gasteiger partial charge in [-0.2, -0.15) is 0 Å². The van der Waals surface area contributed by atoms with Crippen molar-refractivity contribution < 1.29 is 19.2 Å². The van der Waals surface area contributed by atoms with Gasteiger partial charge in [0.1, 0.15) is 5.78 Å². The molecule has 4 rings (SSSR count). The molecule has 7 nitrogen and oxygen atoms in total. The second-order valence-corrected chi connectivity index (χ2v) is 8.34. The summed E-state index contributed by atoms with van der Waals surface area (Å²) in [6.07, 6.45) is 2.52. The first-order valence-electron chi connectivity index (χ1n) is 10.9. The number of nitro benzene ring substituents is 1. The summed E-state index contributed by atoms with van der Waals surface area (Å²) in [4.78, 5) is 37.5. The van der Waals surface area contributed by atoms with Crippen LogP contribution in [0.4, 0.5) is 5.69 Å². The molecule has 32 heavy (non-hydrogen) atoms. The summed E-state index contributed by atoms with van der Waals surface area (Å²) in [6.45, 7) is 1.97. The van der Waals surface area contributed by atoms with E-state index in [0.717, 1.165) is 18.4 Å². The number of ketones is 1. The highest BCUT2D eigenvalue weighted by Crippen LogP contribution is 2.46. The summed E-state index contributed by atoms with van der Waals surface area (Å²) < 4.78 is 5.60. The molecule has 0 radical (unpaired) electrons. The number of allylic oxidation sites excluding steroid dienone is 1. The van der Waals surface area contributed by atoms with Crippen molar-refractivity contribution in [1.29, 1.82) is 0 Å². The highest BCUT2D eigenvalue weighted by atomic mass is 16.6. The zero-order valence-electron chi connectivity index (χ0n) is 18.0. The predicted molar refractivity (Wildman–Crippen MR) is 119 cm³/mol. The molecule has 0 amide bonds. The van der Waals surface area contributed by atoms with Gasteiger partial charge in [0.05, 0.1) is 17.1 Å². The Kier molecular flexibility index (Phi) is 6.35. The third-order valence-electron chi connectivity index (χ3n) is 6.37. The average molecular weight is 434 g/mol. The van der Waals surface area contributed by atoms with Crippen molar-refractivity contribution in [3.8, 4) is 0 Å². The summed E-state index contributed by atoms with van der Waals surface area (Å²) in [6, 6.07) is 15.9. The molecule has 0 spiro atoms. The Balaban J connectivity index is 1.68. The van der Waals surface area contributed by atoms with E-state index < -0.39 is 22.7 Å². The van der Waals surface area contributed by atoms with Gasteiger partial charge in [0.15, 0.2) is 0 Å². The molecule has 166 valence electrons. The van der Waals surface area contributed by atoms with Gasteiger partial charge in [-0.05, 0) is 25.3 Å². The lowest BCUT2D eigenvalue weighted by Crippen LogP contribution is -2.50. The molecule has 2 aromatic rings. The van der Waals surface area contributed by atoms with Gasteiger partial charge in [-0.15, -0.1) is 0 Å². The van der Waals surface area contributed by atoms with Crippen molar-refractivity contribution in [2.24, 2.45) is 5.92 Å². The Hall–Kier alpha value is -3.48. The first-order valence-corrected chi connectivity index (χ1v) is 10.9. The SMILES string of the molecule is CC1=C(C(=O)OCCc2ccccc2)C(c2ccccc2[N+](=O)[O-])C2C(=O)CCCC2N1. The minimum Gasteiger partial charge on any atom is -0.462 e. The number of hydrogen-bond donors (Lipinski definition) is 1. The van der Waals surface area contributed by atoms with Crippen molar-refractivity contribution in [1.82, 2.24) is 5.32 Å². The Morgan fingerprint density at radius 3 is 2.62 bits per heavy atom. The molecular weight excluding hydrogens is 408 g/mol. The highest BCUT2D eigenvalue weighted by Gasteiger charge is 2.47. The number of nitrogens with one attached hydrogen (secondary N) is 1. The molecule has 1 heterocycles. The minimum absolute atomic E-state index is 0.0268. The molecule has 3 atom stereocenters. The monoisotopic (exact) mass is 434 g/mol. The first-order chi connectivity index (χ1) is 15.5. The van der Waals surface area contributed by atoms with Crippen LogP contribution < -0.4 is 5.32 Å². The minimum atomic E-state index is -0.708. The summed E-state index contributed by atoms with van der Waals surface area (Å²) in [5, 5.41) is 15.1. The predicted octanol–water partition coefficient (Wildman–Crippen LogP) is 4.08. The van der Waals surface area contributed by atoms with Crippen LogP contribution in [0.25, 0.3) is 0 Å². The summed E-state index contributed by atoms with van der Waals surface area (Å²) in [7, 11) is 0. The first kappa shape index (κ1) is 21.7. The Labute approximate surface area is 186 Å². The van der Waals surface area contributed by atoms with Crippen molar-refractivity contribution in [2.75, 3.05) is 6.61 Å². The molecule has 1 N–H and O–H groups in total. The fraction of sp³-hybridized carbons (Fsp3) is 0.360. The highest BCUT2D eigenvalue weighted by molar-refractivity contribution is 5.95. The number of esters is 1. The number of rotatable bonds is 6. The largest absolute Gasteiger partial charge is 0.462 e. The lowest BCUT2D eigenvalue weighted by Gasteiger charge is -2.42. The summed E-state index contributed by atoms with van der Waals surface area (Å²) in [5.41, 5.74) is 2.28. The van der Waals surface area contributed by atoms with E-state index in [-0.39, 0.29) is 24.1 Å². The lowest BCUT2D eigenvalue weighted by atomic mass is 9.67. The number of nitro groups is 1. The van der Waals surface area contributed by atoms with Gasteiger partial charge in [-0.1, -0.05) is 48.5 Å². The van der Waals surface area contributed by atoms with Gasteiger partial charge < -0.3 is 10.1 Å². The second-order valence-electron chi connectivity index (χ2n) is 8.34. The van der Waals surface area contributed by atoms with Crippen LogP contribution in [0.1, 0.15) is 43.2 Å². The Bertz CT molecular complexity index is 1060. The van der Waals surface area contributed by atoms with Crippen LogP contribution in [0.15, 0.2) is 65.9 Å². The zero-order valence-corrected chi connectivity index (χ0v) is 18.0. The zero-order chi connectivity index (χ0) is 22.7. The molecule has 7 heteroatoms. The third-order valence-corrected chi connectivity index (χ3v) is 6.37. The molecule has 2 aromatic carbocycles. The number of nitrogens with zero attached hydrogens (tertiary/aromatic N) is 1. The molecule has 0 saturated heterocycles. The van der Waals surface area contributed by atoms with Gasteiger partial charge in [0.2, 0.25) is 0 Å². The van der Waals surface area contributed by atoms with E-state index in [0.29, 0.717) is 29.7 Å². The van der Waals surface area contributed by atoms with Crippen LogP contribution in [0.2, 0.25) is 0 Å². The average Bonchev–Trinajstić information content (AvgIpc) is 2.79. The number of Topliss-reactive ketones (excluding diaryl/α,β-unsaturated/α-hetero) is 1. The number of hydrogen-bond acceptors (Lipinski definition) is 6. The van der Waals surface area contributed by atoms with E-state index in [2.05, 4.69) is 5.32 Å². The number of carbonyl (C=O) groups is 2. The standard InChI is InChI=1S/C25H26N2O5/c1-16-22(25(29)32-15-14-17-8-3-2-4-9-17)23(18-10-5-6-12-20(18)27(30)31)24-19(26-16)11-7-13-21(24)28/h2-6,8-10,12,19,23-24,26H,7,11,13-15H2,1H3. The smallest absolute Gasteiger partial charge is 0.336 e. The van der Waals surface area contributed by atoms with E-state index in [1.165, 1.54) is 6.07 Å². The summed E-state index contributed by atoms with van der Waals surface area (Å²) in [5.74, 6) is -1.75.